The number of hydrogen-bond donors (Lipinski definition) is 2. The van der Waals surface area contributed by atoms with Gasteiger partial charge in [-0.2, -0.15) is 0 Å². The number of nitrogens with one attached hydrogen (secondary N) is 1. The number of fused-ring (bicyclic) bond motifs is 1. The van der Waals surface area contributed by atoms with E-state index in [2.05, 4.69) is 5.32 Å². The number of carbonyl (C=O) groups excluding carboxylic acids is 1. The van der Waals surface area contributed by atoms with E-state index in [9.17, 15) is 4.79 Å². The highest BCUT2D eigenvalue weighted by Crippen LogP contribution is 2.30. The van der Waals surface area contributed by atoms with E-state index in [1.807, 2.05) is 12.3 Å². The molecule has 0 radical (unpaired) electrons. The molecule has 17 heavy (non-hydrogen) atoms. The van der Waals surface area contributed by atoms with Gasteiger partial charge in [-0.3, -0.25) is 4.79 Å². The molecule has 1 amide bonds. The van der Waals surface area contributed by atoms with Crippen LogP contribution in [0.4, 0.5) is 0 Å². The summed E-state index contributed by atoms with van der Waals surface area (Å²) in [4.78, 5) is 13.5. The molecule has 1 aromatic heterocycles. The maximum absolute atomic E-state index is 12.1. The fourth-order valence-corrected chi connectivity index (χ4v) is 3.26. The molecular weight excluding hydrogens is 232 g/mol. The summed E-state index contributed by atoms with van der Waals surface area (Å²) in [7, 11) is 0. The molecule has 0 saturated heterocycles. The molecule has 1 unspecified atom stereocenters. The van der Waals surface area contributed by atoms with Crippen molar-refractivity contribution >= 4 is 17.2 Å². The Morgan fingerprint density at radius 2 is 2.29 bits per heavy atom. The van der Waals surface area contributed by atoms with Crippen LogP contribution < -0.4 is 11.1 Å². The predicted molar refractivity (Wildman–Crippen MR) is 71.5 cm³/mol. The van der Waals surface area contributed by atoms with Gasteiger partial charge in [0, 0.05) is 16.8 Å². The molecule has 0 saturated carbocycles. The van der Waals surface area contributed by atoms with Crippen LogP contribution in [0.1, 0.15) is 40.6 Å². The summed E-state index contributed by atoms with van der Waals surface area (Å²) in [5, 5.41) is 4.99. The Morgan fingerprint density at radius 1 is 1.53 bits per heavy atom. The van der Waals surface area contributed by atoms with Crippen LogP contribution in [-0.4, -0.2) is 19.0 Å². The summed E-state index contributed by atoms with van der Waals surface area (Å²) in [5.74, 6) is 0.415. The Kier molecular flexibility index (Phi) is 4.18. The molecule has 1 atom stereocenters. The second-order valence-electron chi connectivity index (χ2n) is 4.81. The summed E-state index contributed by atoms with van der Waals surface area (Å²) in [5.41, 5.74) is 7.73. The van der Waals surface area contributed by atoms with Crippen molar-refractivity contribution in [2.45, 2.75) is 32.6 Å². The normalized spacial score (nSPS) is 16.4. The summed E-state index contributed by atoms with van der Waals surface area (Å²) in [6.45, 7) is 3.32. The van der Waals surface area contributed by atoms with Crippen molar-refractivity contribution in [2.24, 2.45) is 11.7 Å². The first kappa shape index (κ1) is 12.6. The predicted octanol–water partition coefficient (Wildman–Crippen LogP) is 1.95. The zero-order valence-electron chi connectivity index (χ0n) is 10.3. The third kappa shape index (κ3) is 2.87. The van der Waals surface area contributed by atoms with Crippen LogP contribution in [0.2, 0.25) is 0 Å². The van der Waals surface area contributed by atoms with Gasteiger partial charge < -0.3 is 11.1 Å². The average Bonchev–Trinajstić information content (AvgIpc) is 2.79. The van der Waals surface area contributed by atoms with Crippen LogP contribution in [0.25, 0.3) is 0 Å². The van der Waals surface area contributed by atoms with Gasteiger partial charge in [0.1, 0.15) is 0 Å². The first-order chi connectivity index (χ1) is 8.22. The fraction of sp³-hybridized carbons (Fsp3) is 0.615. The monoisotopic (exact) mass is 252 g/mol. The number of nitrogens with two attached hydrogens (primary N) is 1. The number of aryl methyl sites for hydroxylation is 1. The molecule has 94 valence electrons. The van der Waals surface area contributed by atoms with Crippen molar-refractivity contribution in [2.75, 3.05) is 13.1 Å². The lowest BCUT2D eigenvalue weighted by atomic mass is 9.95. The van der Waals surface area contributed by atoms with Gasteiger partial charge in [0.25, 0.3) is 5.91 Å². The molecule has 1 heterocycles. The first-order valence-electron chi connectivity index (χ1n) is 6.30. The summed E-state index contributed by atoms with van der Waals surface area (Å²) < 4.78 is 0. The Labute approximate surface area is 106 Å². The van der Waals surface area contributed by atoms with Crippen molar-refractivity contribution in [3.63, 3.8) is 0 Å². The van der Waals surface area contributed by atoms with Gasteiger partial charge in [-0.25, -0.2) is 0 Å². The number of carbonyl (C=O) groups is 1. The third-order valence-electron chi connectivity index (χ3n) is 3.32. The van der Waals surface area contributed by atoms with Crippen LogP contribution in [0.3, 0.4) is 0 Å². The topological polar surface area (TPSA) is 55.1 Å². The molecule has 3 nitrogen and oxygen atoms in total. The number of thiophene rings is 1. The number of hydrogen-bond acceptors (Lipinski definition) is 3. The lowest BCUT2D eigenvalue weighted by molar-refractivity contribution is 0.0948. The fourth-order valence-electron chi connectivity index (χ4n) is 2.13. The van der Waals surface area contributed by atoms with Crippen molar-refractivity contribution in [3.05, 3.63) is 21.4 Å². The van der Waals surface area contributed by atoms with E-state index in [1.165, 1.54) is 23.3 Å². The lowest BCUT2D eigenvalue weighted by Gasteiger charge is -2.14. The van der Waals surface area contributed by atoms with Crippen LogP contribution in [0.15, 0.2) is 5.38 Å². The van der Waals surface area contributed by atoms with Crippen molar-refractivity contribution in [1.82, 2.24) is 5.32 Å². The van der Waals surface area contributed by atoms with Crippen molar-refractivity contribution in [3.8, 4) is 0 Å². The molecule has 4 heteroatoms. The molecule has 0 bridgehead atoms. The molecular formula is C13H20N2OS. The van der Waals surface area contributed by atoms with Gasteiger partial charge in [0.05, 0.1) is 5.56 Å². The van der Waals surface area contributed by atoms with E-state index in [-0.39, 0.29) is 5.91 Å². The maximum Gasteiger partial charge on any atom is 0.252 e. The second kappa shape index (κ2) is 5.65. The van der Waals surface area contributed by atoms with Crippen molar-refractivity contribution < 1.29 is 4.79 Å². The molecule has 1 aliphatic carbocycles. The van der Waals surface area contributed by atoms with Crippen LogP contribution in [0.5, 0.6) is 0 Å². The van der Waals surface area contributed by atoms with E-state index in [1.54, 1.807) is 11.3 Å². The van der Waals surface area contributed by atoms with Crippen LogP contribution in [0, 0.1) is 5.92 Å². The smallest absolute Gasteiger partial charge is 0.252 e. The van der Waals surface area contributed by atoms with Gasteiger partial charge in [-0.15, -0.1) is 11.3 Å². The van der Waals surface area contributed by atoms with E-state index in [0.29, 0.717) is 19.0 Å². The molecule has 2 rings (SSSR count). The zero-order valence-corrected chi connectivity index (χ0v) is 11.1. The van der Waals surface area contributed by atoms with Gasteiger partial charge >= 0.3 is 0 Å². The maximum atomic E-state index is 12.1. The molecule has 0 aromatic carbocycles. The minimum absolute atomic E-state index is 0.0738. The second-order valence-corrected chi connectivity index (χ2v) is 5.77. The Bertz CT molecular complexity index is 400. The molecule has 1 aromatic rings. The number of amides is 1. The summed E-state index contributed by atoms with van der Waals surface area (Å²) in [6, 6.07) is 0. The average molecular weight is 252 g/mol. The highest BCUT2D eigenvalue weighted by molar-refractivity contribution is 7.10. The minimum atomic E-state index is 0.0738. The Morgan fingerprint density at radius 3 is 3.06 bits per heavy atom. The Hall–Kier alpha value is -0.870. The molecule has 1 aliphatic rings. The Balaban J connectivity index is 2.02. The standard InChI is InChI=1S/C13H20N2OS/c1-9(6-14)7-15-13(16)11-8-17-12-5-3-2-4-10(11)12/h8-9H,2-7,14H2,1H3,(H,15,16). The third-order valence-corrected chi connectivity index (χ3v) is 4.41. The lowest BCUT2D eigenvalue weighted by Crippen LogP contribution is -2.31. The quantitative estimate of drug-likeness (QED) is 0.860. The number of rotatable bonds is 4. The molecule has 0 fully saturated rings. The molecule has 0 spiro atoms. The molecule has 3 N–H and O–H groups in total. The van der Waals surface area contributed by atoms with E-state index in [0.717, 1.165) is 18.4 Å². The first-order valence-corrected chi connectivity index (χ1v) is 7.18. The largest absolute Gasteiger partial charge is 0.352 e. The zero-order chi connectivity index (χ0) is 12.3. The SMILES string of the molecule is CC(CN)CNC(=O)c1csc2c1CCCC2. The van der Waals surface area contributed by atoms with Gasteiger partial charge in [-0.1, -0.05) is 6.92 Å². The van der Waals surface area contributed by atoms with Gasteiger partial charge in [0.2, 0.25) is 0 Å². The highest BCUT2D eigenvalue weighted by atomic mass is 32.1. The van der Waals surface area contributed by atoms with E-state index in [4.69, 9.17) is 5.73 Å². The van der Waals surface area contributed by atoms with Gasteiger partial charge in [0.15, 0.2) is 0 Å². The van der Waals surface area contributed by atoms with Crippen LogP contribution >= 0.6 is 11.3 Å². The summed E-state index contributed by atoms with van der Waals surface area (Å²) in [6.07, 6.45) is 4.68. The highest BCUT2D eigenvalue weighted by Gasteiger charge is 2.19. The van der Waals surface area contributed by atoms with Crippen LogP contribution in [-0.2, 0) is 12.8 Å². The van der Waals surface area contributed by atoms with E-state index < -0.39 is 0 Å². The molecule has 0 aliphatic heterocycles. The van der Waals surface area contributed by atoms with E-state index >= 15 is 0 Å². The summed E-state index contributed by atoms with van der Waals surface area (Å²) >= 11 is 1.73. The van der Waals surface area contributed by atoms with Crippen molar-refractivity contribution in [1.29, 1.82) is 0 Å². The van der Waals surface area contributed by atoms with Gasteiger partial charge in [-0.05, 0) is 43.7 Å². The minimum Gasteiger partial charge on any atom is -0.352 e.